The molecule has 96 valence electrons. The van der Waals surface area contributed by atoms with E-state index in [0.29, 0.717) is 18.1 Å². The molecule has 1 saturated heterocycles. The number of aromatic nitrogens is 1. The van der Waals surface area contributed by atoms with Gasteiger partial charge in [-0.25, -0.2) is 4.98 Å². The quantitative estimate of drug-likeness (QED) is 0.894. The first kappa shape index (κ1) is 13.0. The highest BCUT2D eigenvalue weighted by Crippen LogP contribution is 2.27. The zero-order chi connectivity index (χ0) is 12.3. The fraction of sp³-hybridized carbons (Fsp3) is 0.769. The van der Waals surface area contributed by atoms with Crippen LogP contribution in [0, 0.1) is 0 Å². The van der Waals surface area contributed by atoms with E-state index in [4.69, 9.17) is 0 Å². The van der Waals surface area contributed by atoms with E-state index < -0.39 is 0 Å². The molecule has 4 heteroatoms. The predicted octanol–water partition coefficient (Wildman–Crippen LogP) is 2.67. The lowest BCUT2D eigenvalue weighted by Crippen LogP contribution is -2.56. The predicted molar refractivity (Wildman–Crippen MR) is 73.4 cm³/mol. The van der Waals surface area contributed by atoms with Gasteiger partial charge in [-0.15, -0.1) is 11.3 Å². The third-order valence-corrected chi connectivity index (χ3v) is 4.76. The fourth-order valence-corrected chi connectivity index (χ4v) is 3.31. The summed E-state index contributed by atoms with van der Waals surface area (Å²) in [6.07, 6.45) is 4.33. The third-order valence-electron chi connectivity index (χ3n) is 3.81. The lowest BCUT2D eigenvalue weighted by molar-refractivity contribution is 0.0849. The Morgan fingerprint density at radius 1 is 1.53 bits per heavy atom. The normalized spacial score (nSPS) is 28.2. The Morgan fingerprint density at radius 3 is 2.94 bits per heavy atom. The van der Waals surface area contributed by atoms with Crippen molar-refractivity contribution in [3.05, 3.63) is 16.6 Å². The van der Waals surface area contributed by atoms with E-state index >= 15 is 0 Å². The molecule has 3 nitrogen and oxygen atoms in total. The number of thiazole rings is 1. The minimum atomic E-state index is 0.455. The first-order valence-corrected chi connectivity index (χ1v) is 7.52. The second kappa shape index (κ2) is 5.94. The molecule has 0 saturated carbocycles. The van der Waals surface area contributed by atoms with Gasteiger partial charge in [-0.05, 0) is 19.8 Å². The number of nitrogens with one attached hydrogen (secondary N) is 1. The molecule has 1 aromatic heterocycles. The van der Waals surface area contributed by atoms with Crippen LogP contribution in [0.25, 0.3) is 0 Å². The van der Waals surface area contributed by atoms with Gasteiger partial charge in [0.2, 0.25) is 0 Å². The molecule has 0 radical (unpaired) electrons. The van der Waals surface area contributed by atoms with Crippen LogP contribution >= 0.6 is 11.3 Å². The molecular formula is C13H23N3S. The van der Waals surface area contributed by atoms with Crippen molar-refractivity contribution >= 4 is 11.3 Å². The maximum absolute atomic E-state index is 4.47. The fourth-order valence-electron chi connectivity index (χ4n) is 2.60. The molecule has 1 N–H and O–H groups in total. The molecule has 17 heavy (non-hydrogen) atoms. The van der Waals surface area contributed by atoms with Crippen molar-refractivity contribution in [1.29, 1.82) is 0 Å². The highest BCUT2D eigenvalue weighted by molar-refractivity contribution is 7.09. The molecule has 3 unspecified atom stereocenters. The van der Waals surface area contributed by atoms with Gasteiger partial charge in [0.1, 0.15) is 5.01 Å². The van der Waals surface area contributed by atoms with Crippen molar-refractivity contribution < 1.29 is 0 Å². The van der Waals surface area contributed by atoms with E-state index in [-0.39, 0.29) is 0 Å². The molecule has 0 aromatic carbocycles. The van der Waals surface area contributed by atoms with E-state index in [2.05, 4.69) is 41.4 Å². The van der Waals surface area contributed by atoms with Gasteiger partial charge in [-0.2, -0.15) is 0 Å². The molecule has 0 aliphatic carbocycles. The second-order valence-electron chi connectivity index (χ2n) is 4.82. The van der Waals surface area contributed by atoms with Crippen LogP contribution < -0.4 is 5.32 Å². The molecule has 1 aliphatic heterocycles. The van der Waals surface area contributed by atoms with Crippen LogP contribution in [0.4, 0.5) is 0 Å². The zero-order valence-corrected chi connectivity index (χ0v) is 11.8. The van der Waals surface area contributed by atoms with E-state index in [9.17, 15) is 0 Å². The summed E-state index contributed by atoms with van der Waals surface area (Å²) in [4.78, 5) is 7.10. The summed E-state index contributed by atoms with van der Waals surface area (Å²) in [7, 11) is 0. The van der Waals surface area contributed by atoms with Crippen LogP contribution in [-0.2, 0) is 0 Å². The minimum Gasteiger partial charge on any atom is -0.311 e. The first-order chi connectivity index (χ1) is 8.26. The molecule has 1 aliphatic rings. The van der Waals surface area contributed by atoms with E-state index in [1.807, 2.05) is 6.20 Å². The van der Waals surface area contributed by atoms with Crippen LogP contribution in [0.5, 0.6) is 0 Å². The molecule has 1 aromatic rings. The minimum absolute atomic E-state index is 0.455. The monoisotopic (exact) mass is 253 g/mol. The van der Waals surface area contributed by atoms with Gasteiger partial charge in [0.25, 0.3) is 0 Å². The topological polar surface area (TPSA) is 28.2 Å². The molecule has 1 fully saturated rings. The molecule has 0 bridgehead atoms. The molecule has 2 rings (SSSR count). The van der Waals surface area contributed by atoms with Crippen LogP contribution in [0.3, 0.4) is 0 Å². The summed E-state index contributed by atoms with van der Waals surface area (Å²) >= 11 is 1.77. The van der Waals surface area contributed by atoms with Gasteiger partial charge >= 0.3 is 0 Å². The maximum atomic E-state index is 4.47. The van der Waals surface area contributed by atoms with Gasteiger partial charge in [-0.1, -0.05) is 13.8 Å². The van der Waals surface area contributed by atoms with Gasteiger partial charge in [0.05, 0.1) is 6.04 Å². The average molecular weight is 253 g/mol. The highest BCUT2D eigenvalue weighted by Gasteiger charge is 2.30. The first-order valence-electron chi connectivity index (χ1n) is 6.64. The summed E-state index contributed by atoms with van der Waals surface area (Å²) < 4.78 is 0. The number of rotatable bonds is 4. The van der Waals surface area contributed by atoms with Crippen molar-refractivity contribution in [3.8, 4) is 0 Å². The Labute approximate surface area is 108 Å². The van der Waals surface area contributed by atoms with Crippen LogP contribution in [0.1, 0.15) is 44.7 Å². The standard InChI is InChI=1S/C13H23N3S/c1-4-11-9-16(12(5-2)8-15-11)10(3)13-14-6-7-17-13/h6-7,10-12,15H,4-5,8-9H2,1-3H3. The lowest BCUT2D eigenvalue weighted by Gasteiger charge is -2.42. The maximum Gasteiger partial charge on any atom is 0.109 e. The molecule has 0 spiro atoms. The zero-order valence-electron chi connectivity index (χ0n) is 11.0. The van der Waals surface area contributed by atoms with E-state index in [1.165, 1.54) is 17.8 Å². The average Bonchev–Trinajstić information content (AvgIpc) is 2.91. The smallest absolute Gasteiger partial charge is 0.109 e. The molecule has 2 heterocycles. The summed E-state index contributed by atoms with van der Waals surface area (Å²) in [5, 5.41) is 6.97. The Kier molecular flexibility index (Phi) is 4.54. The van der Waals surface area contributed by atoms with Crippen molar-refractivity contribution in [3.63, 3.8) is 0 Å². The van der Waals surface area contributed by atoms with Gasteiger partial charge in [0.15, 0.2) is 0 Å². The van der Waals surface area contributed by atoms with Gasteiger partial charge < -0.3 is 5.32 Å². The molecule has 0 amide bonds. The third kappa shape index (κ3) is 2.87. The Bertz CT molecular complexity index is 325. The summed E-state index contributed by atoms with van der Waals surface area (Å²) in [5.74, 6) is 0. The number of hydrogen-bond acceptors (Lipinski definition) is 4. The Hall–Kier alpha value is -0.450. The number of piperazine rings is 1. The lowest BCUT2D eigenvalue weighted by atomic mass is 10.0. The summed E-state index contributed by atoms with van der Waals surface area (Å²) in [5.41, 5.74) is 0. The second-order valence-corrected chi connectivity index (χ2v) is 5.74. The summed E-state index contributed by atoms with van der Waals surface area (Å²) in [6.45, 7) is 9.09. The van der Waals surface area contributed by atoms with E-state index in [0.717, 1.165) is 13.1 Å². The van der Waals surface area contributed by atoms with Gasteiger partial charge in [-0.3, -0.25) is 4.90 Å². The van der Waals surface area contributed by atoms with Crippen LogP contribution in [-0.4, -0.2) is 35.1 Å². The largest absolute Gasteiger partial charge is 0.311 e. The SMILES string of the molecule is CCC1CN(C(C)c2nccs2)C(CC)CN1. The number of hydrogen-bond donors (Lipinski definition) is 1. The molecule has 3 atom stereocenters. The van der Waals surface area contributed by atoms with Crippen molar-refractivity contribution in [2.24, 2.45) is 0 Å². The summed E-state index contributed by atoms with van der Waals surface area (Å²) in [6, 6.07) is 1.74. The Morgan fingerprint density at radius 2 is 2.35 bits per heavy atom. The van der Waals surface area contributed by atoms with E-state index in [1.54, 1.807) is 11.3 Å². The van der Waals surface area contributed by atoms with Crippen LogP contribution in [0.2, 0.25) is 0 Å². The Balaban J connectivity index is 2.09. The van der Waals surface area contributed by atoms with Crippen LogP contribution in [0.15, 0.2) is 11.6 Å². The van der Waals surface area contributed by atoms with Crippen molar-refractivity contribution in [2.45, 2.75) is 51.7 Å². The van der Waals surface area contributed by atoms with Gasteiger partial charge in [0, 0.05) is 36.8 Å². The highest BCUT2D eigenvalue weighted by atomic mass is 32.1. The van der Waals surface area contributed by atoms with Crippen molar-refractivity contribution in [2.75, 3.05) is 13.1 Å². The van der Waals surface area contributed by atoms with Crippen molar-refractivity contribution in [1.82, 2.24) is 15.2 Å². The molecular weight excluding hydrogens is 230 g/mol. The number of nitrogens with zero attached hydrogens (tertiary/aromatic N) is 2.